The molecule has 3 aliphatic carbocycles. The normalized spacial score (nSPS) is 24.7. The molecule has 0 saturated heterocycles. The van der Waals surface area contributed by atoms with Gasteiger partial charge in [-0.3, -0.25) is 4.79 Å². The Bertz CT molecular complexity index is 538. The Hall–Kier alpha value is -1.58. The van der Waals surface area contributed by atoms with Gasteiger partial charge in [0.15, 0.2) is 0 Å². The molecule has 3 aliphatic rings. The zero-order chi connectivity index (χ0) is 12.7. The highest BCUT2D eigenvalue weighted by Crippen LogP contribution is 2.48. The number of carbonyl (C=O) groups is 1. The summed E-state index contributed by atoms with van der Waals surface area (Å²) < 4.78 is 5.08. The molecule has 2 bridgehead atoms. The second kappa shape index (κ2) is 4.26. The summed E-state index contributed by atoms with van der Waals surface area (Å²) in [5, 5.41) is 0. The first kappa shape index (κ1) is 11.5. The molecule has 0 atom stereocenters. The lowest BCUT2D eigenvalue weighted by Gasteiger charge is -2.38. The SMILES string of the molecule is CCOC(=O)c1c[nH]c(=O)c2c1C1CCC2CC1. The molecule has 1 heterocycles. The molecule has 4 rings (SSSR count). The van der Waals surface area contributed by atoms with Gasteiger partial charge in [0.05, 0.1) is 12.2 Å². The second-order valence-electron chi connectivity index (χ2n) is 5.13. The zero-order valence-electron chi connectivity index (χ0n) is 10.5. The third-order valence-electron chi connectivity index (χ3n) is 4.21. The summed E-state index contributed by atoms with van der Waals surface area (Å²) in [4.78, 5) is 26.6. The van der Waals surface area contributed by atoms with Crippen molar-refractivity contribution in [3.05, 3.63) is 33.2 Å². The van der Waals surface area contributed by atoms with E-state index in [0.29, 0.717) is 24.0 Å². The monoisotopic (exact) mass is 247 g/mol. The van der Waals surface area contributed by atoms with E-state index in [2.05, 4.69) is 4.98 Å². The first-order valence-electron chi connectivity index (χ1n) is 6.65. The van der Waals surface area contributed by atoms with E-state index in [-0.39, 0.29) is 11.5 Å². The van der Waals surface area contributed by atoms with Crippen molar-refractivity contribution in [2.45, 2.75) is 44.4 Å². The van der Waals surface area contributed by atoms with Crippen LogP contribution in [0, 0.1) is 0 Å². The Labute approximate surface area is 105 Å². The summed E-state index contributed by atoms with van der Waals surface area (Å²) in [7, 11) is 0. The highest BCUT2D eigenvalue weighted by Gasteiger charge is 2.37. The molecule has 0 unspecified atom stereocenters. The molecule has 4 heteroatoms. The van der Waals surface area contributed by atoms with Crippen molar-refractivity contribution < 1.29 is 9.53 Å². The average molecular weight is 247 g/mol. The van der Waals surface area contributed by atoms with Gasteiger partial charge in [-0.1, -0.05) is 0 Å². The number of ether oxygens (including phenoxy) is 1. The molecular weight excluding hydrogens is 230 g/mol. The van der Waals surface area contributed by atoms with Crippen LogP contribution in [0.4, 0.5) is 0 Å². The van der Waals surface area contributed by atoms with Crippen molar-refractivity contribution in [3.8, 4) is 0 Å². The van der Waals surface area contributed by atoms with Gasteiger partial charge in [0.25, 0.3) is 5.56 Å². The van der Waals surface area contributed by atoms with E-state index in [0.717, 1.165) is 36.8 Å². The Kier molecular flexibility index (Phi) is 2.73. The number of esters is 1. The summed E-state index contributed by atoms with van der Waals surface area (Å²) >= 11 is 0. The van der Waals surface area contributed by atoms with Gasteiger partial charge in [0, 0.05) is 11.8 Å². The largest absolute Gasteiger partial charge is 0.462 e. The van der Waals surface area contributed by atoms with Gasteiger partial charge in [-0.05, 0) is 50.0 Å². The molecule has 0 spiro atoms. The Morgan fingerprint density at radius 1 is 1.28 bits per heavy atom. The summed E-state index contributed by atoms with van der Waals surface area (Å²) in [6.45, 7) is 2.16. The number of H-pyrrole nitrogens is 1. The average Bonchev–Trinajstić information content (AvgIpc) is 2.40. The van der Waals surface area contributed by atoms with Crippen molar-refractivity contribution in [1.82, 2.24) is 4.98 Å². The highest BCUT2D eigenvalue weighted by molar-refractivity contribution is 5.91. The van der Waals surface area contributed by atoms with E-state index >= 15 is 0 Å². The first-order chi connectivity index (χ1) is 8.72. The number of carbonyl (C=O) groups excluding carboxylic acids is 1. The predicted octanol–water partition coefficient (Wildman–Crippen LogP) is 2.31. The summed E-state index contributed by atoms with van der Waals surface area (Å²) in [5.41, 5.74) is 2.37. The Morgan fingerprint density at radius 2 is 1.89 bits per heavy atom. The van der Waals surface area contributed by atoms with E-state index in [1.807, 2.05) is 0 Å². The third-order valence-corrected chi connectivity index (χ3v) is 4.21. The third kappa shape index (κ3) is 1.59. The molecule has 1 fully saturated rings. The number of aromatic nitrogens is 1. The Morgan fingerprint density at radius 3 is 2.50 bits per heavy atom. The standard InChI is InChI=1S/C14H17NO3/c1-2-18-14(17)10-7-15-13(16)12-9-5-3-8(4-6-9)11(10)12/h7-9H,2-6H2,1H3,(H,15,16). The van der Waals surface area contributed by atoms with Gasteiger partial charge in [0.2, 0.25) is 0 Å². The maximum atomic E-state index is 12.0. The van der Waals surface area contributed by atoms with Crippen molar-refractivity contribution in [2.24, 2.45) is 0 Å². The molecule has 18 heavy (non-hydrogen) atoms. The smallest absolute Gasteiger partial charge is 0.339 e. The number of aromatic amines is 1. The van der Waals surface area contributed by atoms with Crippen LogP contribution in [0.3, 0.4) is 0 Å². The van der Waals surface area contributed by atoms with Gasteiger partial charge < -0.3 is 9.72 Å². The minimum atomic E-state index is -0.308. The second-order valence-corrected chi connectivity index (χ2v) is 5.13. The quantitative estimate of drug-likeness (QED) is 0.816. The van der Waals surface area contributed by atoms with Crippen molar-refractivity contribution >= 4 is 5.97 Å². The number of nitrogens with one attached hydrogen (secondary N) is 1. The molecule has 96 valence electrons. The van der Waals surface area contributed by atoms with Gasteiger partial charge in [0.1, 0.15) is 0 Å². The fraction of sp³-hybridized carbons (Fsp3) is 0.571. The summed E-state index contributed by atoms with van der Waals surface area (Å²) in [6.07, 6.45) is 5.86. The molecule has 0 aliphatic heterocycles. The van der Waals surface area contributed by atoms with Crippen LogP contribution >= 0.6 is 0 Å². The summed E-state index contributed by atoms with van der Waals surface area (Å²) in [6, 6.07) is 0. The van der Waals surface area contributed by atoms with Crippen LogP contribution in [-0.2, 0) is 4.74 Å². The van der Waals surface area contributed by atoms with Gasteiger partial charge >= 0.3 is 5.97 Å². The molecule has 0 amide bonds. The topological polar surface area (TPSA) is 59.2 Å². The fourth-order valence-corrected chi connectivity index (χ4v) is 3.45. The van der Waals surface area contributed by atoms with Crippen LogP contribution in [0.2, 0.25) is 0 Å². The molecule has 1 saturated carbocycles. The molecule has 0 aromatic carbocycles. The lowest BCUT2D eigenvalue weighted by molar-refractivity contribution is 0.0522. The van der Waals surface area contributed by atoms with Crippen LogP contribution in [-0.4, -0.2) is 17.6 Å². The highest BCUT2D eigenvalue weighted by atomic mass is 16.5. The van der Waals surface area contributed by atoms with Crippen LogP contribution in [0.1, 0.15) is 65.9 Å². The molecule has 1 N–H and O–H groups in total. The summed E-state index contributed by atoms with van der Waals surface area (Å²) in [5.74, 6) is 0.396. The minimum absolute atomic E-state index is 0.0209. The zero-order valence-corrected chi connectivity index (χ0v) is 10.5. The van der Waals surface area contributed by atoms with Gasteiger partial charge in [-0.15, -0.1) is 0 Å². The van der Waals surface area contributed by atoms with E-state index in [1.165, 1.54) is 6.20 Å². The van der Waals surface area contributed by atoms with Gasteiger partial charge in [-0.2, -0.15) is 0 Å². The van der Waals surface area contributed by atoms with E-state index in [4.69, 9.17) is 4.74 Å². The van der Waals surface area contributed by atoms with E-state index < -0.39 is 0 Å². The molecule has 0 radical (unpaired) electrons. The van der Waals surface area contributed by atoms with E-state index in [9.17, 15) is 9.59 Å². The van der Waals surface area contributed by atoms with Crippen LogP contribution in [0.5, 0.6) is 0 Å². The maximum Gasteiger partial charge on any atom is 0.339 e. The van der Waals surface area contributed by atoms with Crippen LogP contribution in [0.15, 0.2) is 11.0 Å². The van der Waals surface area contributed by atoms with Crippen molar-refractivity contribution in [3.63, 3.8) is 0 Å². The van der Waals surface area contributed by atoms with E-state index in [1.54, 1.807) is 6.92 Å². The lowest BCUT2D eigenvalue weighted by Crippen LogP contribution is -2.32. The number of pyridine rings is 1. The molecule has 1 aromatic rings. The number of rotatable bonds is 2. The lowest BCUT2D eigenvalue weighted by atomic mass is 9.66. The molecule has 1 aromatic heterocycles. The number of hydrogen-bond acceptors (Lipinski definition) is 3. The van der Waals surface area contributed by atoms with Crippen LogP contribution in [0.25, 0.3) is 0 Å². The molecular formula is C14H17NO3. The number of fused-ring (bicyclic) bond motifs is 2. The minimum Gasteiger partial charge on any atom is -0.462 e. The Balaban J connectivity index is 2.16. The predicted molar refractivity (Wildman–Crippen MR) is 67.0 cm³/mol. The van der Waals surface area contributed by atoms with Crippen molar-refractivity contribution in [1.29, 1.82) is 0 Å². The van der Waals surface area contributed by atoms with Crippen LogP contribution < -0.4 is 5.56 Å². The fourth-order valence-electron chi connectivity index (χ4n) is 3.45. The molecule has 4 nitrogen and oxygen atoms in total. The number of hydrogen-bond donors (Lipinski definition) is 1. The maximum absolute atomic E-state index is 12.0. The van der Waals surface area contributed by atoms with Crippen molar-refractivity contribution in [2.75, 3.05) is 6.61 Å². The first-order valence-corrected chi connectivity index (χ1v) is 6.65. The van der Waals surface area contributed by atoms with Gasteiger partial charge in [-0.25, -0.2) is 4.79 Å².